The Hall–Kier alpha value is -3.64. The molecule has 4 aromatic carbocycles. The van der Waals surface area contributed by atoms with Gasteiger partial charge in [-0.05, 0) is 59.1 Å². The van der Waals surface area contributed by atoms with Crippen LogP contribution in [-0.2, 0) is 25.7 Å². The van der Waals surface area contributed by atoms with Crippen molar-refractivity contribution in [1.82, 2.24) is 0 Å². The van der Waals surface area contributed by atoms with Crippen molar-refractivity contribution in [3.05, 3.63) is 166 Å². The second-order valence-electron chi connectivity index (χ2n) is 8.98. The first kappa shape index (κ1) is 21.2. The zero-order chi connectivity index (χ0) is 22.3. The quantitative estimate of drug-likeness (QED) is 0.269. The summed E-state index contributed by atoms with van der Waals surface area (Å²) in [5.74, 6) is 0.435. The molecule has 1 unspecified atom stereocenters. The highest BCUT2D eigenvalue weighted by Crippen LogP contribution is 2.39. The van der Waals surface area contributed by atoms with E-state index < -0.39 is 0 Å². The highest BCUT2D eigenvalue weighted by Gasteiger charge is 2.27. The Balaban J connectivity index is 1.55. The van der Waals surface area contributed by atoms with Gasteiger partial charge in [0.2, 0.25) is 0 Å². The fourth-order valence-corrected chi connectivity index (χ4v) is 4.99. The summed E-state index contributed by atoms with van der Waals surface area (Å²) in [7, 11) is 0. The Bertz CT molecular complexity index is 1220. The standard InChI is InChI=1S/C33H30/c1-5-13-26(14-6-1)21-30-25-31(22-27-15-7-2-8-16-27)33(24-29-19-11-4-12-20-29)32(30)23-28-17-9-3-10-18-28/h1-20,25,30H,21-24H2. The van der Waals surface area contributed by atoms with Gasteiger partial charge in [-0.3, -0.25) is 0 Å². The van der Waals surface area contributed by atoms with E-state index in [1.54, 1.807) is 5.57 Å². The lowest BCUT2D eigenvalue weighted by Gasteiger charge is -2.18. The minimum Gasteiger partial charge on any atom is -0.0731 e. The fourth-order valence-electron chi connectivity index (χ4n) is 4.99. The average molecular weight is 427 g/mol. The molecule has 1 atom stereocenters. The lowest BCUT2D eigenvalue weighted by molar-refractivity contribution is 0.734. The van der Waals surface area contributed by atoms with E-state index in [-0.39, 0.29) is 0 Å². The molecule has 0 nitrogen and oxygen atoms in total. The number of allylic oxidation sites excluding steroid dienone is 4. The maximum absolute atomic E-state index is 2.57. The van der Waals surface area contributed by atoms with Gasteiger partial charge in [-0.25, -0.2) is 0 Å². The first-order chi connectivity index (χ1) is 16.3. The van der Waals surface area contributed by atoms with E-state index in [0.717, 1.165) is 25.7 Å². The van der Waals surface area contributed by atoms with Gasteiger partial charge < -0.3 is 0 Å². The molecule has 0 amide bonds. The molecule has 0 N–H and O–H groups in total. The molecule has 1 aliphatic carbocycles. The Morgan fingerprint density at radius 1 is 0.424 bits per heavy atom. The molecule has 162 valence electrons. The molecule has 0 aromatic heterocycles. The van der Waals surface area contributed by atoms with E-state index in [1.807, 2.05) is 0 Å². The van der Waals surface area contributed by atoms with Crippen LogP contribution in [0.5, 0.6) is 0 Å². The van der Waals surface area contributed by atoms with Gasteiger partial charge in [-0.1, -0.05) is 133 Å². The zero-order valence-corrected chi connectivity index (χ0v) is 19.0. The third kappa shape index (κ3) is 5.41. The summed E-state index contributed by atoms with van der Waals surface area (Å²) in [6.45, 7) is 0. The van der Waals surface area contributed by atoms with Crippen LogP contribution in [0.4, 0.5) is 0 Å². The minimum atomic E-state index is 0.435. The predicted molar refractivity (Wildman–Crippen MR) is 139 cm³/mol. The first-order valence-corrected chi connectivity index (χ1v) is 11.9. The second kappa shape index (κ2) is 10.3. The maximum atomic E-state index is 2.57. The first-order valence-electron chi connectivity index (χ1n) is 11.9. The highest BCUT2D eigenvalue weighted by atomic mass is 14.3. The van der Waals surface area contributed by atoms with Crippen LogP contribution in [-0.4, -0.2) is 0 Å². The van der Waals surface area contributed by atoms with Crippen LogP contribution in [0.15, 0.2) is 144 Å². The number of rotatable bonds is 8. The van der Waals surface area contributed by atoms with E-state index in [2.05, 4.69) is 127 Å². The summed E-state index contributed by atoms with van der Waals surface area (Å²) in [5.41, 5.74) is 10.2. The van der Waals surface area contributed by atoms with Gasteiger partial charge in [0.05, 0.1) is 0 Å². The lowest BCUT2D eigenvalue weighted by atomic mass is 9.87. The van der Waals surface area contributed by atoms with Gasteiger partial charge in [0.25, 0.3) is 0 Å². The Kier molecular flexibility index (Phi) is 6.63. The second-order valence-corrected chi connectivity index (χ2v) is 8.98. The zero-order valence-electron chi connectivity index (χ0n) is 19.0. The third-order valence-electron chi connectivity index (χ3n) is 6.62. The predicted octanol–water partition coefficient (Wildman–Crippen LogP) is 7.81. The van der Waals surface area contributed by atoms with Crippen LogP contribution >= 0.6 is 0 Å². The summed E-state index contributed by atoms with van der Waals surface area (Å²) < 4.78 is 0. The van der Waals surface area contributed by atoms with E-state index in [4.69, 9.17) is 0 Å². The van der Waals surface area contributed by atoms with Crippen molar-refractivity contribution in [3.8, 4) is 0 Å². The van der Waals surface area contributed by atoms with Gasteiger partial charge in [0.15, 0.2) is 0 Å². The Morgan fingerprint density at radius 2 is 0.848 bits per heavy atom. The molecule has 0 saturated carbocycles. The summed E-state index contributed by atoms with van der Waals surface area (Å²) in [5, 5.41) is 0. The number of hydrogen-bond donors (Lipinski definition) is 0. The molecule has 1 aliphatic rings. The van der Waals surface area contributed by atoms with Gasteiger partial charge in [-0.2, -0.15) is 0 Å². The molecule has 0 heteroatoms. The van der Waals surface area contributed by atoms with Crippen LogP contribution in [0.1, 0.15) is 22.3 Å². The molecule has 0 fully saturated rings. The van der Waals surface area contributed by atoms with Crippen molar-refractivity contribution in [1.29, 1.82) is 0 Å². The average Bonchev–Trinajstić information content (AvgIpc) is 3.17. The molecule has 0 saturated heterocycles. The van der Waals surface area contributed by atoms with Crippen molar-refractivity contribution in [2.24, 2.45) is 5.92 Å². The Labute approximate surface area is 198 Å². The molecule has 5 rings (SSSR count). The summed E-state index contributed by atoms with van der Waals surface area (Å²) in [6, 6.07) is 43.8. The van der Waals surface area contributed by atoms with Crippen LogP contribution in [0.3, 0.4) is 0 Å². The smallest absolute Gasteiger partial charge is 0.00326 e. The molecule has 33 heavy (non-hydrogen) atoms. The molecule has 0 bridgehead atoms. The van der Waals surface area contributed by atoms with Crippen LogP contribution in [0, 0.1) is 5.92 Å². The number of hydrogen-bond acceptors (Lipinski definition) is 0. The molecular weight excluding hydrogens is 396 g/mol. The summed E-state index contributed by atoms with van der Waals surface area (Å²) in [6.07, 6.45) is 6.62. The van der Waals surface area contributed by atoms with Gasteiger partial charge in [0.1, 0.15) is 0 Å². The van der Waals surface area contributed by atoms with Gasteiger partial charge >= 0.3 is 0 Å². The van der Waals surface area contributed by atoms with E-state index in [9.17, 15) is 0 Å². The lowest BCUT2D eigenvalue weighted by Crippen LogP contribution is -2.08. The summed E-state index contributed by atoms with van der Waals surface area (Å²) in [4.78, 5) is 0. The van der Waals surface area contributed by atoms with Crippen molar-refractivity contribution >= 4 is 0 Å². The fraction of sp³-hybridized carbons (Fsp3) is 0.152. The molecule has 4 aromatic rings. The third-order valence-corrected chi connectivity index (χ3v) is 6.62. The molecule has 0 aliphatic heterocycles. The van der Waals surface area contributed by atoms with Gasteiger partial charge in [0, 0.05) is 5.92 Å². The molecule has 0 radical (unpaired) electrons. The Morgan fingerprint density at radius 3 is 1.36 bits per heavy atom. The van der Waals surface area contributed by atoms with Crippen molar-refractivity contribution in [2.45, 2.75) is 25.7 Å². The van der Waals surface area contributed by atoms with Crippen molar-refractivity contribution < 1.29 is 0 Å². The maximum Gasteiger partial charge on any atom is 0.00326 e. The van der Waals surface area contributed by atoms with E-state index in [1.165, 1.54) is 33.4 Å². The van der Waals surface area contributed by atoms with Crippen LogP contribution in [0.2, 0.25) is 0 Å². The van der Waals surface area contributed by atoms with Crippen LogP contribution in [0.25, 0.3) is 0 Å². The summed E-state index contributed by atoms with van der Waals surface area (Å²) >= 11 is 0. The topological polar surface area (TPSA) is 0 Å². The SMILES string of the molecule is C1=C(Cc2ccccc2)C(Cc2ccccc2)=C(Cc2ccccc2)C1Cc1ccccc1. The minimum absolute atomic E-state index is 0.435. The van der Waals surface area contributed by atoms with Gasteiger partial charge in [-0.15, -0.1) is 0 Å². The largest absolute Gasteiger partial charge is 0.0731 e. The van der Waals surface area contributed by atoms with Crippen molar-refractivity contribution in [2.75, 3.05) is 0 Å². The van der Waals surface area contributed by atoms with E-state index in [0.29, 0.717) is 5.92 Å². The highest BCUT2D eigenvalue weighted by molar-refractivity contribution is 5.51. The molecule has 0 spiro atoms. The molecular formula is C33H30. The monoisotopic (exact) mass is 426 g/mol. The van der Waals surface area contributed by atoms with Crippen molar-refractivity contribution in [3.63, 3.8) is 0 Å². The molecule has 0 heterocycles. The van der Waals surface area contributed by atoms with Crippen LogP contribution < -0.4 is 0 Å². The normalized spacial score (nSPS) is 15.5. The van der Waals surface area contributed by atoms with E-state index >= 15 is 0 Å². The number of benzene rings is 4.